The number of piperidine rings is 1. The Morgan fingerprint density at radius 3 is 2.50 bits per heavy atom. The Morgan fingerprint density at radius 1 is 0.979 bits per heavy atom. The first-order valence-corrected chi connectivity index (χ1v) is 15.9. The second-order valence-corrected chi connectivity index (χ2v) is 13.3. The summed E-state index contributed by atoms with van der Waals surface area (Å²) in [6, 6.07) is 13.8. The Hall–Kier alpha value is -4.94. The molecule has 1 atom stereocenters. The number of amides is 2. The van der Waals surface area contributed by atoms with Crippen molar-refractivity contribution < 1.29 is 32.2 Å². The van der Waals surface area contributed by atoms with Gasteiger partial charge in [0, 0.05) is 48.0 Å². The number of likely N-dealkylation sites (tertiary alicyclic amines) is 1. The maximum atomic E-state index is 13.6. The number of nitrogens with one attached hydrogen (secondary N) is 2. The molecule has 1 aliphatic heterocycles. The van der Waals surface area contributed by atoms with Gasteiger partial charge in [-0.15, -0.1) is 0 Å². The van der Waals surface area contributed by atoms with E-state index >= 15 is 0 Å². The average Bonchev–Trinajstić information content (AvgIpc) is 3.85. The lowest BCUT2D eigenvalue weighted by molar-refractivity contribution is -0.189. The highest BCUT2D eigenvalue weighted by Crippen LogP contribution is 2.58. The number of hydrogen-bond acceptors (Lipinski definition) is 8. The van der Waals surface area contributed by atoms with Gasteiger partial charge < -0.3 is 25.0 Å². The zero-order valence-corrected chi connectivity index (χ0v) is 27.1. The maximum absolute atomic E-state index is 13.6. The van der Waals surface area contributed by atoms with E-state index in [2.05, 4.69) is 20.6 Å². The molecule has 2 amide bonds. The second kappa shape index (κ2) is 12.6. The molecular weight excluding hydrogens is 625 g/mol. The largest absolute Gasteiger partial charge is 0.444 e. The van der Waals surface area contributed by atoms with E-state index in [1.54, 1.807) is 59.8 Å². The van der Waals surface area contributed by atoms with Gasteiger partial charge in [-0.1, -0.05) is 24.3 Å². The van der Waals surface area contributed by atoms with Crippen LogP contribution in [0.5, 0.6) is 11.6 Å². The molecule has 6 rings (SSSR count). The fourth-order valence-electron chi connectivity index (χ4n) is 5.80. The van der Waals surface area contributed by atoms with Crippen molar-refractivity contribution in [1.29, 1.82) is 0 Å². The molecule has 10 nitrogen and oxygen atoms in total. The van der Waals surface area contributed by atoms with Gasteiger partial charge in [0.15, 0.2) is 0 Å². The van der Waals surface area contributed by atoms with Gasteiger partial charge in [-0.25, -0.2) is 19.7 Å². The zero-order chi connectivity index (χ0) is 34.3. The van der Waals surface area contributed by atoms with Crippen LogP contribution in [-0.4, -0.2) is 62.8 Å². The van der Waals surface area contributed by atoms with Gasteiger partial charge in [-0.3, -0.25) is 4.79 Å². The summed E-state index contributed by atoms with van der Waals surface area (Å²) in [6.45, 7) is 8.42. The Morgan fingerprint density at radius 2 is 1.77 bits per heavy atom. The Labute approximate surface area is 276 Å². The van der Waals surface area contributed by atoms with Crippen LogP contribution in [0.4, 0.5) is 29.6 Å². The number of alkyl halides is 3. The third-order valence-electron chi connectivity index (χ3n) is 8.49. The third kappa shape index (κ3) is 6.85. The molecule has 48 heavy (non-hydrogen) atoms. The van der Waals surface area contributed by atoms with Crippen LogP contribution in [0.15, 0.2) is 60.9 Å². The van der Waals surface area contributed by atoms with Gasteiger partial charge >= 0.3 is 12.3 Å². The topological polar surface area (TPSA) is 119 Å². The average molecular weight is 663 g/mol. The van der Waals surface area contributed by atoms with E-state index in [4.69, 9.17) is 14.5 Å². The minimum absolute atomic E-state index is 0.0786. The van der Waals surface area contributed by atoms with E-state index in [9.17, 15) is 22.8 Å². The lowest BCUT2D eigenvalue weighted by Crippen LogP contribution is -2.47. The number of rotatable bonds is 7. The van der Waals surface area contributed by atoms with Crippen molar-refractivity contribution in [3.05, 3.63) is 66.5 Å². The number of ether oxygens (including phenoxy) is 2. The summed E-state index contributed by atoms with van der Waals surface area (Å²) in [6.07, 6.45) is -0.582. The van der Waals surface area contributed by atoms with Crippen molar-refractivity contribution in [2.24, 2.45) is 5.41 Å². The monoisotopic (exact) mass is 662 g/mol. The van der Waals surface area contributed by atoms with E-state index in [0.717, 1.165) is 18.4 Å². The van der Waals surface area contributed by atoms with Crippen LogP contribution in [0.3, 0.4) is 0 Å². The van der Waals surface area contributed by atoms with E-state index < -0.39 is 23.1 Å². The number of benzene rings is 2. The molecule has 13 heteroatoms. The SMILES string of the molecule is Cc1ccc2c(NC(=O)C3(C(F)(F)F)CC3)cccc2c1Oc1ncccc1-c1ccnc(NC2CCCN(C(=O)OC(C)(C)C)C2)n1. The minimum atomic E-state index is -4.62. The van der Waals surface area contributed by atoms with Gasteiger partial charge in [-0.2, -0.15) is 13.2 Å². The first-order chi connectivity index (χ1) is 22.7. The van der Waals surface area contributed by atoms with Crippen LogP contribution in [0.2, 0.25) is 0 Å². The molecular formula is C35H37F3N6O4. The van der Waals surface area contributed by atoms with Crippen molar-refractivity contribution >= 4 is 34.4 Å². The maximum Gasteiger partial charge on any atom is 0.410 e. The molecule has 0 spiro atoms. The normalized spacial score (nSPS) is 17.5. The lowest BCUT2D eigenvalue weighted by Gasteiger charge is -2.34. The van der Waals surface area contributed by atoms with Crippen LogP contribution in [0, 0.1) is 12.3 Å². The second-order valence-electron chi connectivity index (χ2n) is 13.3. The number of aromatic nitrogens is 3. The van der Waals surface area contributed by atoms with Crippen molar-refractivity contribution in [3.63, 3.8) is 0 Å². The summed E-state index contributed by atoms with van der Waals surface area (Å²) in [5.74, 6) is 0.0242. The highest BCUT2D eigenvalue weighted by Gasteiger charge is 2.68. The predicted molar refractivity (Wildman–Crippen MR) is 175 cm³/mol. The van der Waals surface area contributed by atoms with Crippen LogP contribution < -0.4 is 15.4 Å². The van der Waals surface area contributed by atoms with Crippen LogP contribution in [0.1, 0.15) is 52.0 Å². The van der Waals surface area contributed by atoms with Gasteiger partial charge in [0.25, 0.3) is 0 Å². The molecule has 2 fully saturated rings. The number of fused-ring (bicyclic) bond motifs is 1. The number of carbonyl (C=O) groups excluding carboxylic acids is 2. The summed E-state index contributed by atoms with van der Waals surface area (Å²) in [4.78, 5) is 40.7. The number of pyridine rings is 1. The van der Waals surface area contributed by atoms with Crippen LogP contribution >= 0.6 is 0 Å². The summed E-state index contributed by atoms with van der Waals surface area (Å²) < 4.78 is 52.8. The fraction of sp³-hybridized carbons (Fsp3) is 0.400. The molecule has 2 aliphatic rings. The molecule has 4 aromatic rings. The van der Waals surface area contributed by atoms with E-state index in [1.165, 1.54) is 0 Å². The molecule has 2 aromatic heterocycles. The summed E-state index contributed by atoms with van der Waals surface area (Å²) in [5, 5.41) is 6.99. The third-order valence-corrected chi connectivity index (χ3v) is 8.49. The first kappa shape index (κ1) is 33.0. The number of carbonyl (C=O) groups is 2. The number of halogens is 3. The Balaban J connectivity index is 1.24. The highest BCUT2D eigenvalue weighted by atomic mass is 19.4. The highest BCUT2D eigenvalue weighted by molar-refractivity contribution is 6.07. The van der Waals surface area contributed by atoms with Gasteiger partial charge in [-0.05, 0) is 83.2 Å². The van der Waals surface area contributed by atoms with E-state index in [0.29, 0.717) is 46.8 Å². The number of aryl methyl sites for hydroxylation is 1. The Bertz CT molecular complexity index is 1850. The minimum Gasteiger partial charge on any atom is -0.444 e. The number of nitrogens with zero attached hydrogens (tertiary/aromatic N) is 4. The molecule has 1 unspecified atom stereocenters. The van der Waals surface area contributed by atoms with E-state index in [1.807, 2.05) is 33.8 Å². The Kier molecular flexibility index (Phi) is 8.65. The molecule has 0 bridgehead atoms. The van der Waals surface area contributed by atoms with Gasteiger partial charge in [0.2, 0.25) is 17.7 Å². The van der Waals surface area contributed by atoms with E-state index in [-0.39, 0.29) is 36.5 Å². The van der Waals surface area contributed by atoms with Crippen LogP contribution in [-0.2, 0) is 9.53 Å². The number of anilines is 2. The van der Waals surface area contributed by atoms with Crippen molar-refractivity contribution in [1.82, 2.24) is 19.9 Å². The summed E-state index contributed by atoms with van der Waals surface area (Å²) in [5.41, 5.74) is -0.780. The number of hydrogen-bond donors (Lipinski definition) is 2. The molecule has 2 N–H and O–H groups in total. The van der Waals surface area contributed by atoms with Gasteiger partial charge in [0.05, 0.1) is 11.3 Å². The fourth-order valence-corrected chi connectivity index (χ4v) is 5.80. The molecule has 252 valence electrons. The zero-order valence-electron chi connectivity index (χ0n) is 27.1. The molecule has 3 heterocycles. The van der Waals surface area contributed by atoms with Crippen molar-refractivity contribution in [3.8, 4) is 22.9 Å². The summed E-state index contributed by atoms with van der Waals surface area (Å²) in [7, 11) is 0. The van der Waals surface area contributed by atoms with Crippen molar-refractivity contribution in [2.45, 2.75) is 71.2 Å². The lowest BCUT2D eigenvalue weighted by atomic mass is 10.0. The summed E-state index contributed by atoms with van der Waals surface area (Å²) >= 11 is 0. The first-order valence-electron chi connectivity index (χ1n) is 15.9. The van der Waals surface area contributed by atoms with Gasteiger partial charge in [0.1, 0.15) is 16.8 Å². The standard InChI is InChI=1S/C35H37F3N6O4/c1-21-12-13-23-24(9-5-11-26(23)42-30(45)34(15-16-34)35(36,37)38)28(21)47-29-25(10-6-17-39-29)27-14-18-40-31(43-27)41-22-8-7-19-44(20-22)32(46)48-33(2,3)4/h5-6,9-14,17-18,22H,7-8,15-16,19-20H2,1-4H3,(H,42,45)(H,40,41,43). The molecule has 1 saturated heterocycles. The molecule has 0 radical (unpaired) electrons. The predicted octanol–water partition coefficient (Wildman–Crippen LogP) is 7.88. The quantitative estimate of drug-likeness (QED) is 0.205. The smallest absolute Gasteiger partial charge is 0.410 e. The molecule has 2 aromatic carbocycles. The van der Waals surface area contributed by atoms with Crippen LogP contribution in [0.25, 0.3) is 22.0 Å². The van der Waals surface area contributed by atoms with Crippen molar-refractivity contribution in [2.75, 3.05) is 23.7 Å². The molecule has 1 aliphatic carbocycles. The molecule has 1 saturated carbocycles.